The van der Waals surface area contributed by atoms with Gasteiger partial charge in [-0.15, -0.1) is 0 Å². The number of hydrogen-bond acceptors (Lipinski definition) is 3. The second-order valence-electron chi connectivity index (χ2n) is 5.51. The van der Waals surface area contributed by atoms with Crippen LogP contribution in [-0.2, 0) is 11.2 Å². The third-order valence-corrected chi connectivity index (χ3v) is 3.51. The van der Waals surface area contributed by atoms with Gasteiger partial charge >= 0.3 is 0 Å². The van der Waals surface area contributed by atoms with Crippen LogP contribution in [0.5, 0.6) is 0 Å². The fraction of sp³-hybridized carbons (Fsp3) is 0.278. The first kappa shape index (κ1) is 15.7. The Labute approximate surface area is 130 Å². The van der Waals surface area contributed by atoms with Crippen molar-refractivity contribution in [3.63, 3.8) is 0 Å². The summed E-state index contributed by atoms with van der Waals surface area (Å²) in [6, 6.07) is 13.4. The predicted molar refractivity (Wildman–Crippen MR) is 86.2 cm³/mol. The molecule has 0 spiro atoms. The summed E-state index contributed by atoms with van der Waals surface area (Å²) >= 11 is 0. The number of nitriles is 1. The lowest BCUT2D eigenvalue weighted by Crippen LogP contribution is -2.23. The van der Waals surface area contributed by atoms with E-state index in [0.717, 1.165) is 5.56 Å². The summed E-state index contributed by atoms with van der Waals surface area (Å²) in [4.78, 5) is 16.1. The molecule has 1 aromatic carbocycles. The van der Waals surface area contributed by atoms with E-state index in [1.54, 1.807) is 12.4 Å². The fourth-order valence-corrected chi connectivity index (χ4v) is 2.13. The van der Waals surface area contributed by atoms with Gasteiger partial charge in [-0.1, -0.05) is 26.0 Å². The monoisotopic (exact) mass is 293 g/mol. The Morgan fingerprint density at radius 2 is 1.82 bits per heavy atom. The highest BCUT2D eigenvalue weighted by atomic mass is 16.1. The Morgan fingerprint density at radius 3 is 2.36 bits per heavy atom. The zero-order valence-electron chi connectivity index (χ0n) is 12.8. The molecule has 0 aliphatic carbocycles. The summed E-state index contributed by atoms with van der Waals surface area (Å²) < 4.78 is 0. The minimum absolute atomic E-state index is 0.281. The number of anilines is 1. The van der Waals surface area contributed by atoms with Crippen molar-refractivity contribution in [2.45, 2.75) is 26.2 Å². The van der Waals surface area contributed by atoms with E-state index in [4.69, 9.17) is 0 Å². The summed E-state index contributed by atoms with van der Waals surface area (Å²) in [5.74, 6) is -0.549. The maximum atomic E-state index is 12.2. The van der Waals surface area contributed by atoms with Crippen LogP contribution < -0.4 is 5.32 Å². The van der Waals surface area contributed by atoms with Gasteiger partial charge in [0.25, 0.3) is 0 Å². The Bertz CT molecular complexity index is 657. The number of hydrogen-bond donors (Lipinski definition) is 1. The lowest BCUT2D eigenvalue weighted by Gasteiger charge is -2.11. The van der Waals surface area contributed by atoms with Crippen LogP contribution in [0.15, 0.2) is 48.8 Å². The first-order chi connectivity index (χ1) is 10.6. The molecule has 0 aliphatic heterocycles. The van der Waals surface area contributed by atoms with Gasteiger partial charge in [-0.25, -0.2) is 0 Å². The number of aromatic nitrogens is 1. The highest BCUT2D eigenvalue weighted by Gasteiger charge is 2.18. The molecule has 22 heavy (non-hydrogen) atoms. The van der Waals surface area contributed by atoms with Gasteiger partial charge < -0.3 is 5.32 Å². The summed E-state index contributed by atoms with van der Waals surface area (Å²) in [5, 5.41) is 12.0. The molecule has 0 saturated carbocycles. The summed E-state index contributed by atoms with van der Waals surface area (Å²) in [6.07, 6.45) is 3.70. The Morgan fingerprint density at radius 1 is 1.18 bits per heavy atom. The van der Waals surface area contributed by atoms with Gasteiger partial charge in [-0.2, -0.15) is 5.26 Å². The van der Waals surface area contributed by atoms with E-state index < -0.39 is 5.92 Å². The van der Waals surface area contributed by atoms with Crippen molar-refractivity contribution < 1.29 is 4.79 Å². The zero-order chi connectivity index (χ0) is 15.9. The van der Waals surface area contributed by atoms with Gasteiger partial charge in [0.15, 0.2) is 0 Å². The molecule has 1 amide bonds. The normalized spacial score (nSPS) is 11.7. The maximum Gasteiger partial charge on any atom is 0.242 e. The zero-order valence-corrected chi connectivity index (χ0v) is 12.8. The van der Waals surface area contributed by atoms with E-state index in [1.807, 2.05) is 36.4 Å². The van der Waals surface area contributed by atoms with Crippen molar-refractivity contribution >= 4 is 11.6 Å². The Balaban J connectivity index is 2.02. The first-order valence-corrected chi connectivity index (χ1v) is 7.29. The van der Waals surface area contributed by atoms with Crippen LogP contribution in [0.3, 0.4) is 0 Å². The van der Waals surface area contributed by atoms with Crippen molar-refractivity contribution in [1.29, 1.82) is 5.26 Å². The van der Waals surface area contributed by atoms with E-state index in [-0.39, 0.29) is 5.91 Å². The van der Waals surface area contributed by atoms with E-state index in [2.05, 4.69) is 30.2 Å². The minimum atomic E-state index is -0.716. The lowest BCUT2D eigenvalue weighted by molar-refractivity contribution is -0.118. The largest absolute Gasteiger partial charge is 0.325 e. The number of pyridine rings is 1. The van der Waals surface area contributed by atoms with Crippen LogP contribution in [-0.4, -0.2) is 10.9 Å². The second kappa shape index (κ2) is 7.37. The third-order valence-electron chi connectivity index (χ3n) is 3.51. The molecular formula is C18H19N3O. The van der Waals surface area contributed by atoms with Crippen molar-refractivity contribution in [1.82, 2.24) is 4.98 Å². The number of nitrogens with zero attached hydrogens (tertiary/aromatic N) is 2. The molecule has 1 heterocycles. The van der Waals surface area contributed by atoms with Gasteiger partial charge in [-0.3, -0.25) is 9.78 Å². The van der Waals surface area contributed by atoms with Crippen molar-refractivity contribution in [3.05, 3.63) is 59.9 Å². The standard InChI is InChI=1S/C18H19N3O/c1-13(2)15-3-5-17(6-4-15)21-18(22)16(12-19)11-14-7-9-20-10-8-14/h3-10,13,16H,11H2,1-2H3,(H,21,22)/t16-/m0/s1. The van der Waals surface area contributed by atoms with Crippen LogP contribution in [0, 0.1) is 17.2 Å². The van der Waals surface area contributed by atoms with Crippen LogP contribution in [0.1, 0.15) is 30.9 Å². The molecule has 0 saturated heterocycles. The molecule has 2 aromatic rings. The lowest BCUT2D eigenvalue weighted by atomic mass is 10.00. The molecule has 4 nitrogen and oxygen atoms in total. The molecule has 4 heteroatoms. The highest BCUT2D eigenvalue weighted by Crippen LogP contribution is 2.18. The number of benzene rings is 1. The Hall–Kier alpha value is -2.67. The third kappa shape index (κ3) is 4.16. The molecule has 1 aromatic heterocycles. The topological polar surface area (TPSA) is 65.8 Å². The van der Waals surface area contributed by atoms with E-state index >= 15 is 0 Å². The molecule has 0 radical (unpaired) electrons. The van der Waals surface area contributed by atoms with Gasteiger partial charge in [0.2, 0.25) is 5.91 Å². The fourth-order valence-electron chi connectivity index (χ4n) is 2.13. The summed E-state index contributed by atoms with van der Waals surface area (Å²) in [7, 11) is 0. The van der Waals surface area contributed by atoms with Gasteiger partial charge in [0.05, 0.1) is 6.07 Å². The van der Waals surface area contributed by atoms with Crippen molar-refractivity contribution in [2.24, 2.45) is 5.92 Å². The van der Waals surface area contributed by atoms with E-state index in [9.17, 15) is 10.1 Å². The van der Waals surface area contributed by atoms with Crippen LogP contribution in [0.25, 0.3) is 0 Å². The van der Waals surface area contributed by atoms with E-state index in [0.29, 0.717) is 18.0 Å². The van der Waals surface area contributed by atoms with Crippen molar-refractivity contribution in [2.75, 3.05) is 5.32 Å². The maximum absolute atomic E-state index is 12.2. The molecule has 0 fully saturated rings. The molecule has 0 bridgehead atoms. The minimum Gasteiger partial charge on any atom is -0.325 e. The molecule has 1 N–H and O–H groups in total. The first-order valence-electron chi connectivity index (χ1n) is 7.29. The number of carbonyl (C=O) groups excluding carboxylic acids is 1. The second-order valence-corrected chi connectivity index (χ2v) is 5.51. The summed E-state index contributed by atoms with van der Waals surface area (Å²) in [6.45, 7) is 4.24. The van der Waals surface area contributed by atoms with Gasteiger partial charge in [-0.05, 0) is 47.7 Å². The highest BCUT2D eigenvalue weighted by molar-refractivity contribution is 5.94. The molecule has 2 rings (SSSR count). The molecule has 0 aliphatic rings. The van der Waals surface area contributed by atoms with Gasteiger partial charge in [0.1, 0.15) is 5.92 Å². The van der Waals surface area contributed by atoms with Crippen molar-refractivity contribution in [3.8, 4) is 6.07 Å². The number of carbonyl (C=O) groups is 1. The average molecular weight is 293 g/mol. The number of rotatable bonds is 5. The van der Waals surface area contributed by atoms with Crippen LogP contribution >= 0.6 is 0 Å². The summed E-state index contributed by atoms with van der Waals surface area (Å²) in [5.41, 5.74) is 2.85. The molecule has 1 atom stereocenters. The molecule has 112 valence electrons. The number of nitrogens with one attached hydrogen (secondary N) is 1. The quantitative estimate of drug-likeness (QED) is 0.917. The van der Waals surface area contributed by atoms with Crippen LogP contribution in [0.4, 0.5) is 5.69 Å². The Kier molecular flexibility index (Phi) is 5.26. The van der Waals surface area contributed by atoms with Crippen LogP contribution in [0.2, 0.25) is 0 Å². The smallest absolute Gasteiger partial charge is 0.242 e. The SMILES string of the molecule is CC(C)c1ccc(NC(=O)[C@H](C#N)Cc2ccncc2)cc1. The number of amides is 1. The average Bonchev–Trinajstić information content (AvgIpc) is 2.54. The predicted octanol–water partition coefficient (Wildman–Crippen LogP) is 3.53. The molecular weight excluding hydrogens is 274 g/mol. The molecule has 0 unspecified atom stereocenters. The van der Waals surface area contributed by atoms with E-state index in [1.165, 1.54) is 5.56 Å². The van der Waals surface area contributed by atoms with Gasteiger partial charge in [0, 0.05) is 18.1 Å².